The molecule has 1 aromatic heterocycles. The Morgan fingerprint density at radius 3 is 3.00 bits per heavy atom. The molecule has 84 valence electrons. The summed E-state index contributed by atoms with van der Waals surface area (Å²) in [5.74, 6) is 0. The minimum absolute atomic E-state index is 0.739. The molecule has 0 unspecified atom stereocenters. The predicted octanol–water partition coefficient (Wildman–Crippen LogP) is 3.38. The van der Waals surface area contributed by atoms with E-state index in [1.807, 2.05) is 18.2 Å². The van der Waals surface area contributed by atoms with E-state index in [9.17, 15) is 0 Å². The number of aryl methyl sites for hydroxylation is 1. The molecule has 2 N–H and O–H groups in total. The molecule has 0 bridgehead atoms. The second-order valence-corrected chi connectivity index (χ2v) is 5.01. The summed E-state index contributed by atoms with van der Waals surface area (Å²) in [6, 6.07) is 6.76. The first-order valence-electron chi connectivity index (χ1n) is 5.74. The van der Waals surface area contributed by atoms with Crippen LogP contribution >= 0.6 is 11.6 Å². The van der Waals surface area contributed by atoms with E-state index in [1.54, 1.807) is 0 Å². The molecule has 3 rings (SSSR count). The fourth-order valence-electron chi connectivity index (χ4n) is 2.12. The molecule has 1 aromatic carbocycles. The van der Waals surface area contributed by atoms with E-state index in [-0.39, 0.29) is 0 Å². The zero-order chi connectivity index (χ0) is 11.1. The summed E-state index contributed by atoms with van der Waals surface area (Å²) in [4.78, 5) is 3.40. The van der Waals surface area contributed by atoms with Crippen molar-refractivity contribution < 1.29 is 0 Å². The van der Waals surface area contributed by atoms with Gasteiger partial charge >= 0.3 is 0 Å². The van der Waals surface area contributed by atoms with Crippen LogP contribution in [0.25, 0.3) is 10.9 Å². The normalized spacial score (nSPS) is 15.9. The van der Waals surface area contributed by atoms with Gasteiger partial charge in [0.15, 0.2) is 0 Å². The van der Waals surface area contributed by atoms with E-state index >= 15 is 0 Å². The van der Waals surface area contributed by atoms with Crippen molar-refractivity contribution in [3.63, 3.8) is 0 Å². The highest BCUT2D eigenvalue weighted by molar-refractivity contribution is 6.31. The molecule has 0 radical (unpaired) electrons. The van der Waals surface area contributed by atoms with E-state index in [0.717, 1.165) is 17.6 Å². The molecule has 0 amide bonds. The van der Waals surface area contributed by atoms with Gasteiger partial charge in [-0.3, -0.25) is 0 Å². The molecule has 1 aliphatic rings. The molecular formula is C13H15ClN2. The summed E-state index contributed by atoms with van der Waals surface area (Å²) in [5, 5.41) is 5.60. The van der Waals surface area contributed by atoms with Crippen LogP contribution in [0.1, 0.15) is 24.1 Å². The number of benzene rings is 1. The number of hydrogen-bond acceptors (Lipinski definition) is 1. The average Bonchev–Trinajstić information content (AvgIpc) is 3.01. The predicted molar refractivity (Wildman–Crippen MR) is 67.9 cm³/mol. The van der Waals surface area contributed by atoms with Crippen molar-refractivity contribution in [1.82, 2.24) is 10.3 Å². The minimum atomic E-state index is 0.739. The zero-order valence-corrected chi connectivity index (χ0v) is 10.1. The van der Waals surface area contributed by atoms with Crippen molar-refractivity contribution in [2.45, 2.75) is 32.4 Å². The van der Waals surface area contributed by atoms with Gasteiger partial charge in [-0.2, -0.15) is 0 Å². The maximum atomic E-state index is 6.04. The number of fused-ring (bicyclic) bond motifs is 1. The van der Waals surface area contributed by atoms with Gasteiger partial charge in [-0.15, -0.1) is 0 Å². The van der Waals surface area contributed by atoms with E-state index in [2.05, 4.69) is 17.2 Å². The van der Waals surface area contributed by atoms with Gasteiger partial charge in [0.05, 0.1) is 0 Å². The Balaban J connectivity index is 1.99. The SMILES string of the molecule is Cc1[nH]c2ccc(Cl)cc2c1CNC1CC1. The van der Waals surface area contributed by atoms with Crippen molar-refractivity contribution in [3.05, 3.63) is 34.5 Å². The molecule has 2 aromatic rings. The van der Waals surface area contributed by atoms with Crippen LogP contribution in [-0.2, 0) is 6.54 Å². The van der Waals surface area contributed by atoms with Crippen LogP contribution in [0, 0.1) is 6.92 Å². The lowest BCUT2D eigenvalue weighted by atomic mass is 10.1. The number of aromatic amines is 1. The van der Waals surface area contributed by atoms with E-state index < -0.39 is 0 Å². The van der Waals surface area contributed by atoms with Crippen LogP contribution in [-0.4, -0.2) is 11.0 Å². The van der Waals surface area contributed by atoms with Crippen LogP contribution < -0.4 is 5.32 Å². The van der Waals surface area contributed by atoms with Gasteiger partial charge in [0, 0.05) is 34.2 Å². The zero-order valence-electron chi connectivity index (χ0n) is 9.31. The first-order chi connectivity index (χ1) is 7.74. The second-order valence-electron chi connectivity index (χ2n) is 4.57. The first-order valence-corrected chi connectivity index (χ1v) is 6.12. The lowest BCUT2D eigenvalue weighted by Crippen LogP contribution is -2.15. The van der Waals surface area contributed by atoms with E-state index in [0.29, 0.717) is 0 Å². The average molecular weight is 235 g/mol. The summed E-state index contributed by atoms with van der Waals surface area (Å²) in [5.41, 5.74) is 3.77. The Labute approximate surface area is 100.0 Å². The van der Waals surface area contributed by atoms with Gasteiger partial charge in [-0.1, -0.05) is 11.6 Å². The van der Waals surface area contributed by atoms with Crippen molar-refractivity contribution in [3.8, 4) is 0 Å². The molecule has 0 spiro atoms. The molecule has 1 saturated carbocycles. The molecule has 0 atom stereocenters. The lowest BCUT2D eigenvalue weighted by molar-refractivity contribution is 0.688. The highest BCUT2D eigenvalue weighted by Crippen LogP contribution is 2.26. The number of H-pyrrole nitrogens is 1. The molecule has 16 heavy (non-hydrogen) atoms. The van der Waals surface area contributed by atoms with Crippen LogP contribution in [0.2, 0.25) is 5.02 Å². The summed E-state index contributed by atoms with van der Waals surface area (Å²) in [6.45, 7) is 3.06. The fourth-order valence-corrected chi connectivity index (χ4v) is 2.29. The number of aromatic nitrogens is 1. The van der Waals surface area contributed by atoms with Crippen LogP contribution in [0.5, 0.6) is 0 Å². The third-order valence-corrected chi connectivity index (χ3v) is 3.46. The lowest BCUT2D eigenvalue weighted by Gasteiger charge is -2.03. The molecule has 1 fully saturated rings. The van der Waals surface area contributed by atoms with Crippen LogP contribution in [0.4, 0.5) is 0 Å². The van der Waals surface area contributed by atoms with Crippen molar-refractivity contribution in [2.24, 2.45) is 0 Å². The van der Waals surface area contributed by atoms with Crippen LogP contribution in [0.15, 0.2) is 18.2 Å². The number of halogens is 1. The maximum absolute atomic E-state index is 6.04. The van der Waals surface area contributed by atoms with Gasteiger partial charge in [0.1, 0.15) is 0 Å². The van der Waals surface area contributed by atoms with Crippen molar-refractivity contribution in [1.29, 1.82) is 0 Å². The molecule has 0 saturated heterocycles. The summed E-state index contributed by atoms with van der Waals surface area (Å²) in [6.07, 6.45) is 2.64. The fraction of sp³-hybridized carbons (Fsp3) is 0.385. The van der Waals surface area contributed by atoms with Gasteiger partial charge in [0.2, 0.25) is 0 Å². The Kier molecular flexibility index (Phi) is 2.41. The summed E-state index contributed by atoms with van der Waals surface area (Å²) < 4.78 is 0. The molecule has 3 heteroatoms. The molecule has 1 heterocycles. The largest absolute Gasteiger partial charge is 0.358 e. The smallest absolute Gasteiger partial charge is 0.0460 e. The minimum Gasteiger partial charge on any atom is -0.358 e. The first kappa shape index (κ1) is 10.2. The van der Waals surface area contributed by atoms with Gasteiger partial charge in [-0.25, -0.2) is 0 Å². The molecule has 1 aliphatic carbocycles. The Hall–Kier alpha value is -0.990. The van der Waals surface area contributed by atoms with E-state index in [4.69, 9.17) is 11.6 Å². The molecule has 2 nitrogen and oxygen atoms in total. The third kappa shape index (κ3) is 1.83. The summed E-state index contributed by atoms with van der Waals surface area (Å²) >= 11 is 6.04. The highest BCUT2D eigenvalue weighted by Gasteiger charge is 2.21. The Morgan fingerprint density at radius 2 is 2.25 bits per heavy atom. The number of nitrogens with one attached hydrogen (secondary N) is 2. The van der Waals surface area contributed by atoms with Gasteiger partial charge in [0.25, 0.3) is 0 Å². The Bertz CT molecular complexity index is 526. The van der Waals surface area contributed by atoms with Gasteiger partial charge < -0.3 is 10.3 Å². The van der Waals surface area contributed by atoms with Crippen molar-refractivity contribution >= 4 is 22.5 Å². The van der Waals surface area contributed by atoms with E-state index in [1.165, 1.54) is 35.0 Å². The highest BCUT2D eigenvalue weighted by atomic mass is 35.5. The van der Waals surface area contributed by atoms with Gasteiger partial charge in [-0.05, 0) is 43.5 Å². The number of hydrogen-bond donors (Lipinski definition) is 2. The number of rotatable bonds is 3. The summed E-state index contributed by atoms with van der Waals surface area (Å²) in [7, 11) is 0. The molecular weight excluding hydrogens is 220 g/mol. The monoisotopic (exact) mass is 234 g/mol. The van der Waals surface area contributed by atoms with Crippen LogP contribution in [0.3, 0.4) is 0 Å². The third-order valence-electron chi connectivity index (χ3n) is 3.23. The maximum Gasteiger partial charge on any atom is 0.0460 e. The molecule has 0 aliphatic heterocycles. The van der Waals surface area contributed by atoms with Crippen molar-refractivity contribution in [2.75, 3.05) is 0 Å². The quantitative estimate of drug-likeness (QED) is 0.837. The second kappa shape index (κ2) is 3.79. The standard InChI is InChI=1S/C13H15ClN2/c1-8-12(7-15-10-3-4-10)11-6-9(14)2-5-13(11)16-8/h2,5-6,10,15-16H,3-4,7H2,1H3. The topological polar surface area (TPSA) is 27.8 Å². The Morgan fingerprint density at radius 1 is 1.44 bits per heavy atom.